The molecule has 0 spiro atoms. The Labute approximate surface area is 284 Å². The van der Waals surface area contributed by atoms with Crippen LogP contribution < -0.4 is 0 Å². The minimum atomic E-state index is 0.640. The molecule has 0 aliphatic rings. The van der Waals surface area contributed by atoms with E-state index in [0.29, 0.717) is 5.95 Å². The van der Waals surface area contributed by atoms with Crippen molar-refractivity contribution in [3.8, 4) is 28.3 Å². The van der Waals surface area contributed by atoms with Gasteiger partial charge in [-0.2, -0.15) is 0 Å². The first-order valence-electron chi connectivity index (χ1n) is 16.4. The zero-order valence-corrected chi connectivity index (χ0v) is 26.9. The third kappa shape index (κ3) is 3.85. The Hall–Kier alpha value is -6.30. The Bertz CT molecular complexity index is 3100. The van der Waals surface area contributed by atoms with E-state index >= 15 is 0 Å². The maximum atomic E-state index is 6.91. The fourth-order valence-electron chi connectivity index (χ4n) is 7.56. The largest absolute Gasteiger partial charge is 0.455 e. The van der Waals surface area contributed by atoms with E-state index < -0.39 is 0 Å². The average molecular weight is 644 g/mol. The minimum Gasteiger partial charge on any atom is -0.455 e. The van der Waals surface area contributed by atoms with Gasteiger partial charge in [0.25, 0.3) is 0 Å². The number of benzene rings is 7. The lowest BCUT2D eigenvalue weighted by Crippen LogP contribution is -2.02. The van der Waals surface area contributed by atoms with Gasteiger partial charge in [-0.1, -0.05) is 121 Å². The van der Waals surface area contributed by atoms with Crippen molar-refractivity contribution >= 4 is 86.2 Å². The first-order valence-corrected chi connectivity index (χ1v) is 17.2. The lowest BCUT2D eigenvalue weighted by Gasteiger charge is -2.10. The minimum absolute atomic E-state index is 0.640. The molecular formula is C44H25N3OS. The average Bonchev–Trinajstić information content (AvgIpc) is 3.84. The van der Waals surface area contributed by atoms with E-state index in [0.717, 1.165) is 87.1 Å². The van der Waals surface area contributed by atoms with Crippen LogP contribution in [0.4, 0.5) is 0 Å². The molecule has 0 bridgehead atoms. The second-order valence-electron chi connectivity index (χ2n) is 12.5. The molecule has 0 aliphatic heterocycles. The highest BCUT2D eigenvalue weighted by Gasteiger charge is 2.23. The van der Waals surface area contributed by atoms with Gasteiger partial charge >= 0.3 is 0 Å². The molecule has 11 rings (SSSR count). The van der Waals surface area contributed by atoms with Crippen LogP contribution in [-0.2, 0) is 0 Å². The molecule has 0 N–H and O–H groups in total. The van der Waals surface area contributed by atoms with Gasteiger partial charge in [-0.05, 0) is 46.8 Å². The Kier molecular flexibility index (Phi) is 5.51. The van der Waals surface area contributed by atoms with Gasteiger partial charge in [0.05, 0.1) is 32.3 Å². The molecule has 0 radical (unpaired) electrons. The molecule has 0 atom stereocenters. The lowest BCUT2D eigenvalue weighted by molar-refractivity contribution is 0.676. The van der Waals surface area contributed by atoms with Crippen LogP contribution in [0.5, 0.6) is 0 Å². The van der Waals surface area contributed by atoms with Crippen LogP contribution in [0.3, 0.4) is 0 Å². The molecule has 0 aliphatic carbocycles. The number of hydrogen-bond donors (Lipinski definition) is 0. The molecule has 0 saturated carbocycles. The highest BCUT2D eigenvalue weighted by atomic mass is 32.1. The number of fused-ring (bicyclic) bond motifs is 12. The van der Waals surface area contributed by atoms with Crippen LogP contribution in [0, 0.1) is 0 Å². The van der Waals surface area contributed by atoms with Gasteiger partial charge in [0.2, 0.25) is 5.95 Å². The first kappa shape index (κ1) is 26.7. The SMILES string of the molecule is c1ccc(-c2ccc3c4c5oc6c7ccccc7ccc6c5ccc4n(-c4nc(-c5ccccc5)c5sc6ccccc6c5n4)c3c2)cc1. The molecule has 5 heteroatoms. The molecule has 11 aromatic rings. The molecule has 0 unspecified atom stereocenters. The van der Waals surface area contributed by atoms with Crippen LogP contribution in [0.1, 0.15) is 0 Å². The Morgan fingerprint density at radius 2 is 1.18 bits per heavy atom. The van der Waals surface area contributed by atoms with Crippen LogP contribution in [0.15, 0.2) is 156 Å². The van der Waals surface area contributed by atoms with E-state index in [2.05, 4.69) is 150 Å². The van der Waals surface area contributed by atoms with Gasteiger partial charge in [-0.3, -0.25) is 4.57 Å². The van der Waals surface area contributed by atoms with Crippen LogP contribution >= 0.6 is 11.3 Å². The quantitative estimate of drug-likeness (QED) is 0.192. The molecule has 4 heterocycles. The zero-order valence-electron chi connectivity index (χ0n) is 26.1. The zero-order chi connectivity index (χ0) is 32.1. The smallest absolute Gasteiger partial charge is 0.235 e. The van der Waals surface area contributed by atoms with Crippen LogP contribution in [0.2, 0.25) is 0 Å². The third-order valence-corrected chi connectivity index (χ3v) is 11.0. The Morgan fingerprint density at radius 1 is 0.490 bits per heavy atom. The van der Waals surface area contributed by atoms with E-state index in [1.165, 1.54) is 10.1 Å². The van der Waals surface area contributed by atoms with Crippen molar-refractivity contribution < 1.29 is 4.42 Å². The van der Waals surface area contributed by atoms with E-state index in [1.54, 1.807) is 11.3 Å². The molecular weight excluding hydrogens is 619 g/mol. The molecule has 4 aromatic heterocycles. The molecule has 0 amide bonds. The summed E-state index contributed by atoms with van der Waals surface area (Å²) in [5.74, 6) is 0.640. The molecule has 0 saturated heterocycles. The number of nitrogens with zero attached hydrogens (tertiary/aromatic N) is 3. The summed E-state index contributed by atoms with van der Waals surface area (Å²) in [5, 5.41) is 7.80. The second kappa shape index (κ2) is 10.1. The van der Waals surface area contributed by atoms with Crippen molar-refractivity contribution in [1.29, 1.82) is 0 Å². The second-order valence-corrected chi connectivity index (χ2v) is 13.6. The fourth-order valence-corrected chi connectivity index (χ4v) is 8.71. The van der Waals surface area contributed by atoms with E-state index in [1.807, 2.05) is 6.07 Å². The van der Waals surface area contributed by atoms with E-state index in [-0.39, 0.29) is 0 Å². The summed E-state index contributed by atoms with van der Waals surface area (Å²) < 4.78 is 11.4. The Balaban J connectivity index is 1.30. The van der Waals surface area contributed by atoms with Crippen molar-refractivity contribution in [2.24, 2.45) is 0 Å². The third-order valence-electron chi connectivity index (χ3n) is 9.82. The number of furan rings is 1. The van der Waals surface area contributed by atoms with Gasteiger partial charge in [-0.25, -0.2) is 9.97 Å². The van der Waals surface area contributed by atoms with Crippen molar-refractivity contribution in [3.05, 3.63) is 152 Å². The standard InChI is InChI=1S/C44H25N3OS/c1-3-11-26(12-4-1)29-20-22-33-36(25-29)47(35-24-23-32-31-21-19-27-13-7-8-16-30(27)41(31)48-42(32)38(33)35)44-45-39(28-14-5-2-6-15-28)43-40(46-44)34-17-9-10-18-37(34)49-43/h1-25H. The highest BCUT2D eigenvalue weighted by molar-refractivity contribution is 7.26. The summed E-state index contributed by atoms with van der Waals surface area (Å²) in [6, 6.07) is 53.5. The van der Waals surface area contributed by atoms with Crippen molar-refractivity contribution in [1.82, 2.24) is 14.5 Å². The van der Waals surface area contributed by atoms with E-state index in [4.69, 9.17) is 14.4 Å². The van der Waals surface area contributed by atoms with Gasteiger partial charge < -0.3 is 4.42 Å². The lowest BCUT2D eigenvalue weighted by atomic mass is 10.0. The van der Waals surface area contributed by atoms with Gasteiger partial charge in [-0.15, -0.1) is 11.3 Å². The molecule has 49 heavy (non-hydrogen) atoms. The summed E-state index contributed by atoms with van der Waals surface area (Å²) in [4.78, 5) is 10.8. The van der Waals surface area contributed by atoms with Crippen molar-refractivity contribution in [3.63, 3.8) is 0 Å². The van der Waals surface area contributed by atoms with Gasteiger partial charge in [0, 0.05) is 37.2 Å². The number of rotatable bonds is 3. The predicted octanol–water partition coefficient (Wildman–Crippen LogP) is 12.3. The summed E-state index contributed by atoms with van der Waals surface area (Å²) in [6.45, 7) is 0. The Morgan fingerprint density at radius 3 is 2.04 bits per heavy atom. The summed E-state index contributed by atoms with van der Waals surface area (Å²) >= 11 is 1.75. The maximum Gasteiger partial charge on any atom is 0.235 e. The monoisotopic (exact) mass is 643 g/mol. The first-order chi connectivity index (χ1) is 24.3. The number of hydrogen-bond acceptors (Lipinski definition) is 4. The maximum absolute atomic E-state index is 6.91. The molecule has 7 aromatic carbocycles. The van der Waals surface area contributed by atoms with Gasteiger partial charge in [0.1, 0.15) is 11.2 Å². The summed E-state index contributed by atoms with van der Waals surface area (Å²) in [6.07, 6.45) is 0. The molecule has 4 nitrogen and oxygen atoms in total. The highest BCUT2D eigenvalue weighted by Crippen LogP contribution is 2.44. The summed E-state index contributed by atoms with van der Waals surface area (Å²) in [7, 11) is 0. The molecule has 0 fully saturated rings. The van der Waals surface area contributed by atoms with Crippen molar-refractivity contribution in [2.45, 2.75) is 0 Å². The van der Waals surface area contributed by atoms with Crippen molar-refractivity contribution in [2.75, 3.05) is 0 Å². The van der Waals surface area contributed by atoms with E-state index in [9.17, 15) is 0 Å². The normalized spacial score (nSPS) is 12.1. The van der Waals surface area contributed by atoms with Crippen LogP contribution in [-0.4, -0.2) is 14.5 Å². The fraction of sp³-hybridized carbons (Fsp3) is 0. The topological polar surface area (TPSA) is 43.9 Å². The van der Waals surface area contributed by atoms with Gasteiger partial charge in [0.15, 0.2) is 0 Å². The predicted molar refractivity (Wildman–Crippen MR) is 205 cm³/mol. The van der Waals surface area contributed by atoms with Crippen LogP contribution in [0.25, 0.3) is 103 Å². The number of aromatic nitrogens is 3. The molecule has 228 valence electrons. The number of thiophene rings is 1. The summed E-state index contributed by atoms with van der Waals surface area (Å²) in [5.41, 5.74) is 9.10.